The van der Waals surface area contributed by atoms with E-state index >= 15 is 0 Å². The van der Waals surface area contributed by atoms with E-state index in [1.807, 2.05) is 0 Å². The highest BCUT2D eigenvalue weighted by Crippen LogP contribution is 2.20. The fourth-order valence-electron chi connectivity index (χ4n) is 6.82. The topological polar surface area (TPSA) is 26.3 Å². The first-order valence-electron chi connectivity index (χ1n) is 21.3. The van der Waals surface area contributed by atoms with Crippen molar-refractivity contribution in [3.63, 3.8) is 0 Å². The molecule has 0 aliphatic rings. The van der Waals surface area contributed by atoms with Crippen molar-refractivity contribution >= 4 is 5.97 Å². The van der Waals surface area contributed by atoms with Crippen molar-refractivity contribution in [2.45, 2.75) is 265 Å². The summed E-state index contributed by atoms with van der Waals surface area (Å²) in [4.78, 5) is 12.6. The van der Waals surface area contributed by atoms with Crippen LogP contribution in [-0.2, 0) is 9.53 Å². The molecule has 0 aliphatic heterocycles. The third-order valence-corrected chi connectivity index (χ3v) is 9.97. The fourth-order valence-corrected chi connectivity index (χ4v) is 6.82. The zero-order chi connectivity index (χ0) is 32.9. The van der Waals surface area contributed by atoms with Crippen LogP contribution in [0.2, 0.25) is 0 Å². The van der Waals surface area contributed by atoms with Gasteiger partial charge in [-0.3, -0.25) is 4.79 Å². The lowest BCUT2D eigenvalue weighted by Crippen LogP contribution is -2.18. The van der Waals surface area contributed by atoms with Gasteiger partial charge in [0.05, 0.1) is 0 Å². The smallest absolute Gasteiger partial charge is 0.306 e. The Balaban J connectivity index is 3.97. The molecule has 0 aromatic heterocycles. The summed E-state index contributed by atoms with van der Waals surface area (Å²) in [6.07, 6.45) is 48.1. The summed E-state index contributed by atoms with van der Waals surface area (Å²) in [5.74, 6) is 0.831. The summed E-state index contributed by atoms with van der Waals surface area (Å²) in [5, 5.41) is 0. The number of carbonyl (C=O) groups excluding carboxylic acids is 1. The molecular weight excluding hydrogens is 548 g/mol. The van der Waals surface area contributed by atoms with Gasteiger partial charge in [-0.2, -0.15) is 0 Å². The lowest BCUT2D eigenvalue weighted by molar-refractivity contribution is -0.150. The molecule has 0 saturated carbocycles. The molecule has 0 aromatic rings. The normalized spacial score (nSPS) is 12.3. The molecule has 0 saturated heterocycles. The first-order valence-corrected chi connectivity index (χ1v) is 21.3. The fraction of sp³-hybridized carbons (Fsp3) is 0.977. The van der Waals surface area contributed by atoms with Crippen molar-refractivity contribution in [1.29, 1.82) is 0 Å². The maximum Gasteiger partial charge on any atom is 0.306 e. The van der Waals surface area contributed by atoms with E-state index in [4.69, 9.17) is 4.74 Å². The summed E-state index contributed by atoms with van der Waals surface area (Å²) < 4.78 is 6.07. The van der Waals surface area contributed by atoms with Crippen LogP contribution in [0.1, 0.15) is 259 Å². The standard InChI is InChI=1S/C43H86O2/c1-5-7-9-11-13-15-17-19-21-23-25-27-29-31-35-39-42(45-43(44)40-36-32-33-37-41(3)4)38-34-30-28-26-24-22-20-18-16-14-12-10-8-6-2/h41-42H,5-40H2,1-4H3. The third-order valence-electron chi connectivity index (χ3n) is 9.97. The Labute approximate surface area is 285 Å². The number of esters is 1. The second-order valence-electron chi connectivity index (χ2n) is 15.2. The molecular formula is C43H86O2. The van der Waals surface area contributed by atoms with Crippen molar-refractivity contribution < 1.29 is 9.53 Å². The van der Waals surface area contributed by atoms with Gasteiger partial charge in [0.2, 0.25) is 0 Å². The number of carbonyl (C=O) groups is 1. The highest BCUT2D eigenvalue weighted by Gasteiger charge is 2.14. The van der Waals surface area contributed by atoms with E-state index in [9.17, 15) is 4.79 Å². The number of unbranched alkanes of at least 4 members (excludes halogenated alkanes) is 29. The number of hydrogen-bond acceptors (Lipinski definition) is 2. The van der Waals surface area contributed by atoms with E-state index in [1.165, 1.54) is 199 Å². The van der Waals surface area contributed by atoms with E-state index in [0.29, 0.717) is 6.42 Å². The molecule has 0 aliphatic carbocycles. The molecule has 0 rings (SSSR count). The Kier molecular flexibility index (Phi) is 37.5. The Bertz CT molecular complexity index is 556. The highest BCUT2D eigenvalue weighted by atomic mass is 16.5. The zero-order valence-electron chi connectivity index (χ0n) is 31.9. The molecule has 0 spiro atoms. The first-order chi connectivity index (χ1) is 22.1. The number of ether oxygens (including phenoxy) is 1. The molecule has 1 atom stereocenters. The molecule has 270 valence electrons. The monoisotopic (exact) mass is 635 g/mol. The molecule has 2 heteroatoms. The third kappa shape index (κ3) is 37.8. The highest BCUT2D eigenvalue weighted by molar-refractivity contribution is 5.69. The van der Waals surface area contributed by atoms with Crippen LogP contribution in [0.5, 0.6) is 0 Å². The van der Waals surface area contributed by atoms with Gasteiger partial charge in [0, 0.05) is 6.42 Å². The maximum absolute atomic E-state index is 12.6. The predicted molar refractivity (Wildman–Crippen MR) is 202 cm³/mol. The molecule has 45 heavy (non-hydrogen) atoms. The van der Waals surface area contributed by atoms with Crippen LogP contribution in [0.3, 0.4) is 0 Å². The van der Waals surface area contributed by atoms with Gasteiger partial charge >= 0.3 is 5.97 Å². The SMILES string of the molecule is CCCCCCCCCCCCCCCCCC(CCCCCCCCCCCCCCCC)OC(=O)CCCCCC(C)C. The minimum atomic E-state index is 0.0656. The lowest BCUT2D eigenvalue weighted by atomic mass is 10.0. The van der Waals surface area contributed by atoms with E-state index in [1.54, 1.807) is 0 Å². The van der Waals surface area contributed by atoms with Gasteiger partial charge < -0.3 is 4.74 Å². The van der Waals surface area contributed by atoms with Gasteiger partial charge in [0.25, 0.3) is 0 Å². The Morgan fingerprint density at radius 3 is 0.956 bits per heavy atom. The van der Waals surface area contributed by atoms with Gasteiger partial charge in [-0.05, 0) is 38.0 Å². The minimum absolute atomic E-state index is 0.0656. The van der Waals surface area contributed by atoms with Gasteiger partial charge in [0.15, 0.2) is 0 Å². The summed E-state index contributed by atoms with van der Waals surface area (Å²) in [6, 6.07) is 0. The Morgan fingerprint density at radius 1 is 0.378 bits per heavy atom. The van der Waals surface area contributed by atoms with E-state index < -0.39 is 0 Å². The Morgan fingerprint density at radius 2 is 0.644 bits per heavy atom. The van der Waals surface area contributed by atoms with Crippen molar-refractivity contribution in [1.82, 2.24) is 0 Å². The van der Waals surface area contributed by atoms with Crippen LogP contribution < -0.4 is 0 Å². The van der Waals surface area contributed by atoms with Crippen LogP contribution in [-0.4, -0.2) is 12.1 Å². The second kappa shape index (κ2) is 37.9. The lowest BCUT2D eigenvalue weighted by Gasteiger charge is -2.18. The number of hydrogen-bond donors (Lipinski definition) is 0. The van der Waals surface area contributed by atoms with Crippen molar-refractivity contribution in [2.75, 3.05) is 0 Å². The van der Waals surface area contributed by atoms with Gasteiger partial charge in [-0.1, -0.05) is 220 Å². The molecule has 0 bridgehead atoms. The van der Waals surface area contributed by atoms with Crippen LogP contribution >= 0.6 is 0 Å². The molecule has 0 fully saturated rings. The predicted octanol–water partition coefficient (Wildman–Crippen LogP) is 15.6. The molecule has 0 amide bonds. The van der Waals surface area contributed by atoms with Crippen LogP contribution in [0.25, 0.3) is 0 Å². The second-order valence-corrected chi connectivity index (χ2v) is 15.2. The zero-order valence-corrected chi connectivity index (χ0v) is 31.9. The molecule has 0 N–H and O–H groups in total. The van der Waals surface area contributed by atoms with E-state index in [-0.39, 0.29) is 12.1 Å². The van der Waals surface area contributed by atoms with Gasteiger partial charge in [0.1, 0.15) is 6.10 Å². The molecule has 2 nitrogen and oxygen atoms in total. The summed E-state index contributed by atoms with van der Waals surface area (Å²) in [6.45, 7) is 9.17. The molecule has 0 aromatic carbocycles. The van der Waals surface area contributed by atoms with Crippen molar-refractivity contribution in [3.8, 4) is 0 Å². The average Bonchev–Trinajstić information content (AvgIpc) is 3.02. The first kappa shape index (κ1) is 44.5. The van der Waals surface area contributed by atoms with Crippen LogP contribution in [0.4, 0.5) is 0 Å². The Hall–Kier alpha value is -0.530. The van der Waals surface area contributed by atoms with Gasteiger partial charge in [-0.15, -0.1) is 0 Å². The summed E-state index contributed by atoms with van der Waals surface area (Å²) >= 11 is 0. The molecule has 0 heterocycles. The van der Waals surface area contributed by atoms with Crippen LogP contribution in [0, 0.1) is 5.92 Å². The quantitative estimate of drug-likeness (QED) is 0.0499. The van der Waals surface area contributed by atoms with E-state index in [2.05, 4.69) is 27.7 Å². The largest absolute Gasteiger partial charge is 0.462 e. The summed E-state index contributed by atoms with van der Waals surface area (Å²) in [5.41, 5.74) is 0. The van der Waals surface area contributed by atoms with Crippen molar-refractivity contribution in [3.05, 3.63) is 0 Å². The van der Waals surface area contributed by atoms with E-state index in [0.717, 1.165) is 31.6 Å². The molecule has 1 unspecified atom stereocenters. The number of rotatable bonds is 38. The summed E-state index contributed by atoms with van der Waals surface area (Å²) in [7, 11) is 0. The minimum Gasteiger partial charge on any atom is -0.462 e. The maximum atomic E-state index is 12.6. The molecule has 0 radical (unpaired) electrons. The van der Waals surface area contributed by atoms with Crippen molar-refractivity contribution in [2.24, 2.45) is 5.92 Å². The van der Waals surface area contributed by atoms with Gasteiger partial charge in [-0.25, -0.2) is 0 Å². The van der Waals surface area contributed by atoms with Crippen LogP contribution in [0.15, 0.2) is 0 Å². The average molecular weight is 635 g/mol.